The Bertz CT molecular complexity index is 1040. The predicted octanol–water partition coefficient (Wildman–Crippen LogP) is 5.22. The van der Waals surface area contributed by atoms with Gasteiger partial charge in [-0.1, -0.05) is 45.9 Å². The van der Waals surface area contributed by atoms with Crippen LogP contribution in [0.15, 0.2) is 54.7 Å². The molecule has 31 heavy (non-hydrogen) atoms. The number of ether oxygens (including phenoxy) is 1. The summed E-state index contributed by atoms with van der Waals surface area (Å²) in [4.78, 5) is 24.9. The van der Waals surface area contributed by atoms with Gasteiger partial charge in [-0.15, -0.1) is 0 Å². The van der Waals surface area contributed by atoms with Gasteiger partial charge in [0.05, 0.1) is 11.3 Å². The minimum absolute atomic E-state index is 0.258. The van der Waals surface area contributed by atoms with Crippen molar-refractivity contribution in [2.45, 2.75) is 46.5 Å². The third-order valence-electron chi connectivity index (χ3n) is 5.15. The number of nitrogens with zero attached hydrogens (tertiary/aromatic N) is 2. The molecule has 0 saturated heterocycles. The van der Waals surface area contributed by atoms with Crippen molar-refractivity contribution in [2.75, 3.05) is 11.9 Å². The Labute approximate surface area is 183 Å². The Morgan fingerprint density at radius 1 is 0.968 bits per heavy atom. The molecule has 2 aromatic carbocycles. The lowest BCUT2D eigenvalue weighted by Crippen LogP contribution is -2.22. The molecule has 6 nitrogen and oxygen atoms in total. The van der Waals surface area contributed by atoms with Crippen molar-refractivity contribution in [3.05, 3.63) is 77.1 Å². The van der Waals surface area contributed by atoms with Crippen molar-refractivity contribution in [1.82, 2.24) is 9.78 Å². The SMILES string of the molecule is Cc1ccnn1-c1ccc(C(=O)OCC(=O)Nc2c(C(C)C)cccc2C(C)C)cc1. The first-order valence-corrected chi connectivity index (χ1v) is 10.5. The number of amides is 1. The second-order valence-corrected chi connectivity index (χ2v) is 8.18. The molecule has 3 aromatic rings. The van der Waals surface area contributed by atoms with Crippen molar-refractivity contribution >= 4 is 17.6 Å². The van der Waals surface area contributed by atoms with E-state index in [1.807, 2.05) is 31.2 Å². The van der Waals surface area contributed by atoms with Crippen molar-refractivity contribution < 1.29 is 14.3 Å². The molecular weight excluding hydrogens is 390 g/mol. The molecule has 0 fully saturated rings. The number of benzene rings is 2. The van der Waals surface area contributed by atoms with Crippen molar-refractivity contribution in [3.8, 4) is 5.69 Å². The third-order valence-corrected chi connectivity index (χ3v) is 5.15. The fourth-order valence-electron chi connectivity index (χ4n) is 3.46. The molecule has 0 bridgehead atoms. The highest BCUT2D eigenvalue weighted by molar-refractivity contribution is 5.96. The summed E-state index contributed by atoms with van der Waals surface area (Å²) in [6.45, 7) is 9.96. The molecule has 3 rings (SSSR count). The molecule has 0 aliphatic heterocycles. The highest BCUT2D eigenvalue weighted by Gasteiger charge is 2.17. The van der Waals surface area contributed by atoms with Gasteiger partial charge in [0.1, 0.15) is 0 Å². The Morgan fingerprint density at radius 2 is 1.58 bits per heavy atom. The molecule has 0 aliphatic carbocycles. The lowest BCUT2D eigenvalue weighted by atomic mass is 9.92. The molecule has 0 radical (unpaired) electrons. The number of aromatic nitrogens is 2. The number of hydrogen-bond acceptors (Lipinski definition) is 4. The highest BCUT2D eigenvalue weighted by Crippen LogP contribution is 2.32. The van der Waals surface area contributed by atoms with E-state index in [-0.39, 0.29) is 24.3 Å². The lowest BCUT2D eigenvalue weighted by molar-refractivity contribution is -0.119. The fraction of sp³-hybridized carbons (Fsp3) is 0.320. The first-order chi connectivity index (χ1) is 14.8. The van der Waals surface area contributed by atoms with E-state index in [1.54, 1.807) is 35.1 Å². The normalized spacial score (nSPS) is 11.1. The van der Waals surface area contributed by atoms with Crippen LogP contribution < -0.4 is 5.32 Å². The molecular formula is C25H29N3O3. The second kappa shape index (κ2) is 9.60. The smallest absolute Gasteiger partial charge is 0.338 e. The maximum absolute atomic E-state index is 12.5. The molecule has 6 heteroatoms. The summed E-state index contributed by atoms with van der Waals surface area (Å²) in [5.41, 5.74) is 5.17. The van der Waals surface area contributed by atoms with Crippen LogP contribution in [0.2, 0.25) is 0 Å². The predicted molar refractivity (Wildman–Crippen MR) is 122 cm³/mol. The van der Waals surface area contributed by atoms with E-state index in [9.17, 15) is 9.59 Å². The molecule has 0 aliphatic rings. The van der Waals surface area contributed by atoms with Crippen LogP contribution in [0, 0.1) is 6.92 Å². The number of para-hydroxylation sites is 1. The number of anilines is 1. The van der Waals surface area contributed by atoms with E-state index >= 15 is 0 Å². The summed E-state index contributed by atoms with van der Waals surface area (Å²) < 4.78 is 7.02. The average Bonchev–Trinajstić information content (AvgIpc) is 3.17. The van der Waals surface area contributed by atoms with E-state index in [1.165, 1.54) is 0 Å². The van der Waals surface area contributed by atoms with Gasteiger partial charge >= 0.3 is 5.97 Å². The second-order valence-electron chi connectivity index (χ2n) is 8.18. The van der Waals surface area contributed by atoms with E-state index in [2.05, 4.69) is 38.1 Å². The Balaban J connectivity index is 1.65. The van der Waals surface area contributed by atoms with Crippen molar-refractivity contribution in [3.63, 3.8) is 0 Å². The minimum Gasteiger partial charge on any atom is -0.452 e. The van der Waals surface area contributed by atoms with Gasteiger partial charge in [-0.2, -0.15) is 5.10 Å². The van der Waals surface area contributed by atoms with Crippen LogP contribution >= 0.6 is 0 Å². The Kier molecular flexibility index (Phi) is 6.90. The zero-order valence-electron chi connectivity index (χ0n) is 18.7. The van der Waals surface area contributed by atoms with E-state index < -0.39 is 5.97 Å². The summed E-state index contributed by atoms with van der Waals surface area (Å²) >= 11 is 0. The Hall–Kier alpha value is -3.41. The molecule has 0 spiro atoms. The van der Waals surface area contributed by atoms with Gasteiger partial charge in [-0.05, 0) is 60.2 Å². The fourth-order valence-corrected chi connectivity index (χ4v) is 3.46. The number of carbonyl (C=O) groups excluding carboxylic acids is 2. The number of nitrogens with one attached hydrogen (secondary N) is 1. The number of hydrogen-bond donors (Lipinski definition) is 1. The van der Waals surface area contributed by atoms with Crippen LogP contribution in [0.5, 0.6) is 0 Å². The zero-order valence-corrected chi connectivity index (χ0v) is 18.7. The van der Waals surface area contributed by atoms with Gasteiger partial charge < -0.3 is 10.1 Å². The van der Waals surface area contributed by atoms with Crippen molar-refractivity contribution in [2.24, 2.45) is 0 Å². The zero-order chi connectivity index (χ0) is 22.5. The van der Waals surface area contributed by atoms with E-state index in [0.717, 1.165) is 28.2 Å². The van der Waals surface area contributed by atoms with Crippen LogP contribution in [-0.4, -0.2) is 28.3 Å². The largest absolute Gasteiger partial charge is 0.452 e. The average molecular weight is 420 g/mol. The molecule has 0 saturated carbocycles. The standard InChI is InChI=1S/C25H29N3O3/c1-16(2)21-7-6-8-22(17(3)4)24(21)27-23(29)15-31-25(30)19-9-11-20(12-10-19)28-18(5)13-14-26-28/h6-14,16-17H,15H2,1-5H3,(H,27,29). The quantitative estimate of drug-likeness (QED) is 0.533. The number of rotatable bonds is 7. The van der Waals surface area contributed by atoms with Gasteiger partial charge in [-0.3, -0.25) is 4.79 Å². The summed E-state index contributed by atoms with van der Waals surface area (Å²) in [5.74, 6) is -0.380. The molecule has 1 N–H and O–H groups in total. The van der Waals surface area contributed by atoms with Gasteiger partial charge in [0.15, 0.2) is 6.61 Å². The maximum Gasteiger partial charge on any atom is 0.338 e. The lowest BCUT2D eigenvalue weighted by Gasteiger charge is -2.20. The first-order valence-electron chi connectivity index (χ1n) is 10.5. The van der Waals surface area contributed by atoms with Crippen molar-refractivity contribution in [1.29, 1.82) is 0 Å². The van der Waals surface area contributed by atoms with Gasteiger partial charge in [0.25, 0.3) is 5.91 Å². The first kappa shape index (κ1) is 22.3. The number of esters is 1. The maximum atomic E-state index is 12.5. The Morgan fingerprint density at radius 3 is 2.10 bits per heavy atom. The monoisotopic (exact) mass is 419 g/mol. The molecule has 1 amide bonds. The van der Waals surface area contributed by atoms with Gasteiger partial charge in [-0.25, -0.2) is 9.48 Å². The number of aryl methyl sites for hydroxylation is 1. The van der Waals surface area contributed by atoms with E-state index in [0.29, 0.717) is 5.56 Å². The van der Waals surface area contributed by atoms with E-state index in [4.69, 9.17) is 4.74 Å². The van der Waals surface area contributed by atoms with Crippen LogP contribution in [-0.2, 0) is 9.53 Å². The van der Waals surface area contributed by atoms with Crippen LogP contribution in [0.1, 0.15) is 66.7 Å². The molecule has 1 aromatic heterocycles. The number of carbonyl (C=O) groups is 2. The molecule has 0 atom stereocenters. The summed E-state index contributed by atoms with van der Waals surface area (Å²) in [5, 5.41) is 7.20. The topological polar surface area (TPSA) is 73.2 Å². The molecule has 162 valence electrons. The van der Waals surface area contributed by atoms with Gasteiger partial charge in [0, 0.05) is 17.6 Å². The summed E-state index contributed by atoms with van der Waals surface area (Å²) in [6, 6.07) is 14.9. The van der Waals surface area contributed by atoms with Crippen LogP contribution in [0.3, 0.4) is 0 Å². The summed E-state index contributed by atoms with van der Waals surface area (Å²) in [7, 11) is 0. The summed E-state index contributed by atoms with van der Waals surface area (Å²) in [6.07, 6.45) is 1.72. The highest BCUT2D eigenvalue weighted by atomic mass is 16.5. The molecule has 1 heterocycles. The van der Waals surface area contributed by atoms with Gasteiger partial charge in [0.2, 0.25) is 0 Å². The third kappa shape index (κ3) is 5.20. The molecule has 0 unspecified atom stereocenters. The van der Waals surface area contributed by atoms with Crippen LogP contribution in [0.25, 0.3) is 5.69 Å². The minimum atomic E-state index is -0.542. The van der Waals surface area contributed by atoms with Crippen LogP contribution in [0.4, 0.5) is 5.69 Å².